The summed E-state index contributed by atoms with van der Waals surface area (Å²) in [7, 11) is 0. The summed E-state index contributed by atoms with van der Waals surface area (Å²) in [6, 6.07) is 23.9. The maximum Gasteiger partial charge on any atom is 0.108 e. The van der Waals surface area contributed by atoms with Gasteiger partial charge in [0.15, 0.2) is 0 Å². The van der Waals surface area contributed by atoms with Gasteiger partial charge in [0.2, 0.25) is 0 Å². The van der Waals surface area contributed by atoms with Crippen molar-refractivity contribution >= 4 is 43.2 Å². The highest BCUT2D eigenvalue weighted by molar-refractivity contribution is 9.11. The average Bonchev–Trinajstić information content (AvgIpc) is 2.55. The predicted octanol–water partition coefficient (Wildman–Crippen LogP) is 7.29. The lowest BCUT2D eigenvalue weighted by atomic mass is 10.0. The highest BCUT2D eigenvalue weighted by Gasteiger charge is 2.10. The first-order valence-electron chi connectivity index (χ1n) is 6.75. The van der Waals surface area contributed by atoms with Gasteiger partial charge in [-0.3, -0.25) is 0 Å². The highest BCUT2D eigenvalue weighted by Crippen LogP contribution is 2.40. The summed E-state index contributed by atoms with van der Waals surface area (Å²) in [4.78, 5) is 0. The molecule has 3 rings (SSSR count). The molecule has 0 spiro atoms. The molecule has 0 fully saturated rings. The van der Waals surface area contributed by atoms with Gasteiger partial charge in [-0.2, -0.15) is 5.11 Å². The van der Waals surface area contributed by atoms with Gasteiger partial charge in [-0.25, -0.2) is 0 Å². The summed E-state index contributed by atoms with van der Waals surface area (Å²) in [6.07, 6.45) is 0. The topological polar surface area (TPSA) is 24.7 Å². The third-order valence-electron chi connectivity index (χ3n) is 3.13. The SMILES string of the molecule is Brc1cc(Br)c(N=Nc2ccccc2)c(-c2ccccc2)c1. The first-order chi connectivity index (χ1) is 10.7. The van der Waals surface area contributed by atoms with E-state index in [1.807, 2.05) is 54.6 Å². The van der Waals surface area contributed by atoms with Gasteiger partial charge in [-0.1, -0.05) is 64.5 Å². The number of hydrogen-bond donors (Lipinski definition) is 0. The van der Waals surface area contributed by atoms with E-state index >= 15 is 0 Å². The standard InChI is InChI=1S/C18H12Br2N2/c19-14-11-16(13-7-3-1-4-8-13)18(17(20)12-14)22-21-15-9-5-2-6-10-15/h1-12H. The van der Waals surface area contributed by atoms with E-state index in [4.69, 9.17) is 0 Å². The van der Waals surface area contributed by atoms with Crippen LogP contribution >= 0.6 is 31.9 Å². The van der Waals surface area contributed by atoms with E-state index in [0.29, 0.717) is 0 Å². The second-order valence-electron chi connectivity index (χ2n) is 4.69. The Labute approximate surface area is 146 Å². The van der Waals surface area contributed by atoms with E-state index in [1.54, 1.807) is 0 Å². The molecule has 0 atom stereocenters. The van der Waals surface area contributed by atoms with Crippen molar-refractivity contribution in [3.63, 3.8) is 0 Å². The molecule has 0 N–H and O–H groups in total. The van der Waals surface area contributed by atoms with E-state index in [9.17, 15) is 0 Å². The molecule has 0 heterocycles. The Bertz CT molecular complexity index is 800. The van der Waals surface area contributed by atoms with Gasteiger partial charge in [0.1, 0.15) is 5.69 Å². The van der Waals surface area contributed by atoms with Crippen molar-refractivity contribution in [3.05, 3.63) is 81.7 Å². The molecule has 0 radical (unpaired) electrons. The number of nitrogens with zero attached hydrogens (tertiary/aromatic N) is 2. The number of azo groups is 1. The second-order valence-corrected chi connectivity index (χ2v) is 6.46. The summed E-state index contributed by atoms with van der Waals surface area (Å²) in [5.74, 6) is 0. The largest absolute Gasteiger partial charge is 0.151 e. The van der Waals surface area contributed by atoms with Crippen molar-refractivity contribution in [2.45, 2.75) is 0 Å². The van der Waals surface area contributed by atoms with Crippen molar-refractivity contribution in [2.24, 2.45) is 10.2 Å². The molecule has 3 aromatic carbocycles. The van der Waals surface area contributed by atoms with Crippen molar-refractivity contribution in [3.8, 4) is 11.1 Å². The van der Waals surface area contributed by atoms with Crippen LogP contribution in [0.15, 0.2) is 92.0 Å². The molecular weight excluding hydrogens is 404 g/mol. The first-order valence-corrected chi connectivity index (χ1v) is 8.34. The Kier molecular flexibility index (Phi) is 4.80. The number of halogens is 2. The molecule has 0 aliphatic heterocycles. The molecule has 22 heavy (non-hydrogen) atoms. The Morgan fingerprint density at radius 3 is 2.00 bits per heavy atom. The number of rotatable bonds is 3. The summed E-state index contributed by atoms with van der Waals surface area (Å²) < 4.78 is 1.90. The molecule has 0 aliphatic rings. The van der Waals surface area contributed by atoms with Crippen LogP contribution in [0.2, 0.25) is 0 Å². The molecule has 0 aromatic heterocycles. The lowest BCUT2D eigenvalue weighted by Crippen LogP contribution is -1.81. The van der Waals surface area contributed by atoms with Crippen molar-refractivity contribution in [1.29, 1.82) is 0 Å². The van der Waals surface area contributed by atoms with E-state index in [-0.39, 0.29) is 0 Å². The Morgan fingerprint density at radius 2 is 1.32 bits per heavy atom. The van der Waals surface area contributed by atoms with Crippen LogP contribution in [-0.4, -0.2) is 0 Å². The minimum absolute atomic E-state index is 0.818. The summed E-state index contributed by atoms with van der Waals surface area (Å²) in [5, 5.41) is 8.78. The lowest BCUT2D eigenvalue weighted by Gasteiger charge is -2.08. The van der Waals surface area contributed by atoms with E-state index in [2.05, 4.69) is 60.3 Å². The molecule has 4 heteroatoms. The highest BCUT2D eigenvalue weighted by atomic mass is 79.9. The van der Waals surface area contributed by atoms with Crippen LogP contribution < -0.4 is 0 Å². The zero-order valence-corrected chi connectivity index (χ0v) is 14.8. The molecule has 108 valence electrons. The van der Waals surface area contributed by atoms with Gasteiger partial charge < -0.3 is 0 Å². The molecule has 0 saturated carbocycles. The Morgan fingerprint density at radius 1 is 0.682 bits per heavy atom. The third-order valence-corrected chi connectivity index (χ3v) is 4.20. The Balaban J connectivity index is 2.09. The monoisotopic (exact) mass is 414 g/mol. The zero-order chi connectivity index (χ0) is 15.4. The van der Waals surface area contributed by atoms with Gasteiger partial charge >= 0.3 is 0 Å². The molecule has 0 saturated heterocycles. The van der Waals surface area contributed by atoms with Gasteiger partial charge in [-0.15, -0.1) is 5.11 Å². The fourth-order valence-electron chi connectivity index (χ4n) is 2.11. The maximum absolute atomic E-state index is 4.45. The van der Waals surface area contributed by atoms with Gasteiger partial charge in [-0.05, 0) is 45.8 Å². The van der Waals surface area contributed by atoms with Crippen molar-refractivity contribution < 1.29 is 0 Å². The van der Waals surface area contributed by atoms with Crippen LogP contribution in [0.4, 0.5) is 11.4 Å². The molecule has 0 unspecified atom stereocenters. The van der Waals surface area contributed by atoms with Crippen LogP contribution in [0.3, 0.4) is 0 Å². The zero-order valence-electron chi connectivity index (χ0n) is 11.6. The number of benzene rings is 3. The van der Waals surface area contributed by atoms with Crippen molar-refractivity contribution in [2.75, 3.05) is 0 Å². The summed E-state index contributed by atoms with van der Waals surface area (Å²) >= 11 is 7.12. The quantitative estimate of drug-likeness (QED) is 0.401. The fourth-order valence-corrected chi connectivity index (χ4v) is 3.41. The van der Waals surface area contributed by atoms with Crippen LogP contribution in [0.1, 0.15) is 0 Å². The molecule has 0 bridgehead atoms. The first kappa shape index (κ1) is 15.1. The van der Waals surface area contributed by atoms with Crippen LogP contribution in [0, 0.1) is 0 Å². The average molecular weight is 416 g/mol. The van der Waals surface area contributed by atoms with Crippen LogP contribution in [0.25, 0.3) is 11.1 Å². The minimum Gasteiger partial charge on any atom is -0.151 e. The molecular formula is C18H12Br2N2. The second kappa shape index (κ2) is 6.99. The van der Waals surface area contributed by atoms with Crippen molar-refractivity contribution in [1.82, 2.24) is 0 Å². The lowest BCUT2D eigenvalue weighted by molar-refractivity contribution is 1.22. The third kappa shape index (κ3) is 3.51. The van der Waals surface area contributed by atoms with E-state index < -0.39 is 0 Å². The molecule has 0 aliphatic carbocycles. The molecule has 3 aromatic rings. The fraction of sp³-hybridized carbons (Fsp3) is 0. The molecule has 2 nitrogen and oxygen atoms in total. The van der Waals surface area contributed by atoms with Gasteiger partial charge in [0.05, 0.1) is 5.69 Å². The van der Waals surface area contributed by atoms with Crippen LogP contribution in [-0.2, 0) is 0 Å². The predicted molar refractivity (Wildman–Crippen MR) is 97.9 cm³/mol. The number of hydrogen-bond acceptors (Lipinski definition) is 2. The molecule has 0 amide bonds. The normalized spacial score (nSPS) is 11.0. The van der Waals surface area contributed by atoms with Gasteiger partial charge in [0.25, 0.3) is 0 Å². The van der Waals surface area contributed by atoms with Gasteiger partial charge in [0, 0.05) is 14.5 Å². The van der Waals surface area contributed by atoms with E-state index in [0.717, 1.165) is 31.4 Å². The maximum atomic E-state index is 4.45. The van der Waals surface area contributed by atoms with E-state index in [1.165, 1.54) is 0 Å². The van der Waals surface area contributed by atoms with Crippen LogP contribution in [0.5, 0.6) is 0 Å². The smallest absolute Gasteiger partial charge is 0.108 e. The summed E-state index contributed by atoms with van der Waals surface area (Å²) in [5.41, 5.74) is 3.78. The minimum atomic E-state index is 0.818. The summed E-state index contributed by atoms with van der Waals surface area (Å²) in [6.45, 7) is 0. The Hall–Kier alpha value is -1.78.